The van der Waals surface area contributed by atoms with E-state index in [2.05, 4.69) is 10.3 Å². The Kier molecular flexibility index (Phi) is 6.39. The molecule has 0 bridgehead atoms. The first kappa shape index (κ1) is 21.5. The fourth-order valence-electron chi connectivity index (χ4n) is 3.77. The molecule has 1 aromatic heterocycles. The van der Waals surface area contributed by atoms with Crippen LogP contribution in [0.4, 0.5) is 11.5 Å². The van der Waals surface area contributed by atoms with E-state index in [1.54, 1.807) is 18.2 Å². The van der Waals surface area contributed by atoms with E-state index in [0.29, 0.717) is 42.7 Å². The number of para-hydroxylation sites is 1. The highest BCUT2D eigenvalue weighted by molar-refractivity contribution is 5.77. The number of aromatic nitrogens is 2. The van der Waals surface area contributed by atoms with Crippen LogP contribution < -0.4 is 26.2 Å². The number of nitrogens with two attached hydrogens (primary N) is 1. The van der Waals surface area contributed by atoms with Crippen LogP contribution in [0.1, 0.15) is 13.2 Å². The van der Waals surface area contributed by atoms with Crippen LogP contribution in [-0.4, -0.2) is 66.4 Å². The van der Waals surface area contributed by atoms with Crippen molar-refractivity contribution < 1.29 is 28.8 Å². The van der Waals surface area contributed by atoms with Gasteiger partial charge in [0.2, 0.25) is 0 Å². The summed E-state index contributed by atoms with van der Waals surface area (Å²) < 4.78 is 30.0. The van der Waals surface area contributed by atoms with E-state index < -0.39 is 30.2 Å². The number of nitrogens with one attached hydrogen (secondary N) is 1. The Labute approximate surface area is 178 Å². The Morgan fingerprint density at radius 2 is 2.16 bits per heavy atom. The van der Waals surface area contributed by atoms with Crippen LogP contribution in [0, 0.1) is 0 Å². The van der Waals surface area contributed by atoms with Gasteiger partial charge >= 0.3 is 5.69 Å². The lowest BCUT2D eigenvalue weighted by molar-refractivity contribution is -0.0626. The zero-order chi connectivity index (χ0) is 22.0. The maximum absolute atomic E-state index is 12.8. The standard InChI is InChI=1S/C20H26N4O7/c1-3-28-16-14(10-25)31-19(17(16)27-2)24-9-13-18(23-20(24)26)22-15-11(29-8-7-21)5-4-6-12(15)30-13/h4-6,9,14,16-17,19,25H,3,7-8,10,21H2,1-2H3,(H,22,23,26). The molecule has 11 nitrogen and oxygen atoms in total. The quantitative estimate of drug-likeness (QED) is 0.465. The molecule has 4 N–H and O–H groups in total. The van der Waals surface area contributed by atoms with Crippen LogP contribution >= 0.6 is 0 Å². The highest BCUT2D eigenvalue weighted by Crippen LogP contribution is 2.45. The first-order valence-electron chi connectivity index (χ1n) is 10.1. The molecule has 0 saturated carbocycles. The number of hydrogen-bond donors (Lipinski definition) is 3. The van der Waals surface area contributed by atoms with Crippen molar-refractivity contribution in [1.82, 2.24) is 9.55 Å². The fourth-order valence-corrected chi connectivity index (χ4v) is 3.77. The van der Waals surface area contributed by atoms with Crippen LogP contribution in [0.15, 0.2) is 29.2 Å². The number of methoxy groups -OCH3 is 1. The summed E-state index contributed by atoms with van der Waals surface area (Å²) in [5.41, 5.74) is 5.51. The summed E-state index contributed by atoms with van der Waals surface area (Å²) >= 11 is 0. The number of ether oxygens (including phenoxy) is 5. The molecule has 2 aromatic rings. The van der Waals surface area contributed by atoms with Crippen molar-refractivity contribution in [2.75, 3.05) is 38.8 Å². The van der Waals surface area contributed by atoms with Gasteiger partial charge in [-0.3, -0.25) is 4.57 Å². The van der Waals surface area contributed by atoms with E-state index in [9.17, 15) is 9.90 Å². The van der Waals surface area contributed by atoms with Gasteiger partial charge in [0.15, 0.2) is 23.5 Å². The lowest BCUT2D eigenvalue weighted by Gasteiger charge is -2.26. The van der Waals surface area contributed by atoms with Gasteiger partial charge in [-0.15, -0.1) is 0 Å². The Hall–Kier alpha value is -2.70. The van der Waals surface area contributed by atoms with Gasteiger partial charge in [0.1, 0.15) is 36.4 Å². The van der Waals surface area contributed by atoms with Gasteiger partial charge in [-0.05, 0) is 19.1 Å². The molecule has 0 spiro atoms. The van der Waals surface area contributed by atoms with Gasteiger partial charge in [-0.1, -0.05) is 6.07 Å². The maximum atomic E-state index is 12.8. The molecule has 4 rings (SSSR count). The number of fused-ring (bicyclic) bond motifs is 2. The fraction of sp³-hybridized carbons (Fsp3) is 0.500. The number of anilines is 2. The van der Waals surface area contributed by atoms with Crippen molar-refractivity contribution in [2.45, 2.75) is 31.5 Å². The molecular formula is C20H26N4O7. The Balaban J connectivity index is 1.66. The minimum absolute atomic E-state index is 0.254. The van der Waals surface area contributed by atoms with Gasteiger partial charge in [-0.25, -0.2) is 4.79 Å². The zero-order valence-electron chi connectivity index (χ0n) is 17.3. The second-order valence-corrected chi connectivity index (χ2v) is 7.01. The van der Waals surface area contributed by atoms with Crippen LogP contribution in [-0.2, 0) is 14.2 Å². The van der Waals surface area contributed by atoms with Crippen LogP contribution in [0.5, 0.6) is 17.2 Å². The smallest absolute Gasteiger partial charge is 0.351 e. The van der Waals surface area contributed by atoms with Crippen molar-refractivity contribution in [2.24, 2.45) is 5.73 Å². The predicted molar refractivity (Wildman–Crippen MR) is 110 cm³/mol. The molecule has 2 aliphatic heterocycles. The number of aliphatic hydroxyl groups excluding tert-OH is 1. The van der Waals surface area contributed by atoms with E-state index in [-0.39, 0.29) is 12.4 Å². The summed E-state index contributed by atoms with van der Waals surface area (Å²) in [7, 11) is 1.50. The molecule has 2 aliphatic rings. The lowest BCUT2D eigenvalue weighted by Crippen LogP contribution is -2.39. The lowest BCUT2D eigenvalue weighted by atomic mass is 10.1. The van der Waals surface area contributed by atoms with E-state index in [1.165, 1.54) is 17.9 Å². The van der Waals surface area contributed by atoms with E-state index >= 15 is 0 Å². The molecule has 1 saturated heterocycles. The molecule has 3 heterocycles. The van der Waals surface area contributed by atoms with Crippen molar-refractivity contribution in [3.8, 4) is 17.2 Å². The van der Waals surface area contributed by atoms with Gasteiger partial charge in [0, 0.05) is 20.3 Å². The average Bonchev–Trinajstić information content (AvgIpc) is 3.13. The van der Waals surface area contributed by atoms with E-state index in [4.69, 9.17) is 29.4 Å². The van der Waals surface area contributed by atoms with Gasteiger partial charge in [0.25, 0.3) is 0 Å². The van der Waals surface area contributed by atoms with Crippen LogP contribution in [0.3, 0.4) is 0 Å². The summed E-state index contributed by atoms with van der Waals surface area (Å²) in [6, 6.07) is 5.34. The normalized spacial score (nSPS) is 24.1. The molecular weight excluding hydrogens is 408 g/mol. The van der Waals surface area contributed by atoms with Crippen LogP contribution in [0.2, 0.25) is 0 Å². The molecule has 11 heteroatoms. The molecule has 4 atom stereocenters. The van der Waals surface area contributed by atoms with Crippen LogP contribution in [0.25, 0.3) is 0 Å². The zero-order valence-corrected chi connectivity index (χ0v) is 17.3. The number of hydrogen-bond acceptors (Lipinski definition) is 10. The molecule has 31 heavy (non-hydrogen) atoms. The van der Waals surface area contributed by atoms with Crippen molar-refractivity contribution in [1.29, 1.82) is 0 Å². The summed E-state index contributed by atoms with van der Waals surface area (Å²) in [4.78, 5) is 17.0. The molecule has 1 aromatic carbocycles. The van der Waals surface area contributed by atoms with E-state index in [0.717, 1.165) is 0 Å². The largest absolute Gasteiger partial charge is 0.490 e. The molecule has 0 radical (unpaired) electrons. The highest BCUT2D eigenvalue weighted by Gasteiger charge is 2.47. The maximum Gasteiger partial charge on any atom is 0.351 e. The summed E-state index contributed by atoms with van der Waals surface area (Å²) in [5, 5.41) is 12.8. The van der Waals surface area contributed by atoms with Gasteiger partial charge in [0.05, 0.1) is 12.8 Å². The van der Waals surface area contributed by atoms with Gasteiger partial charge in [-0.2, -0.15) is 4.98 Å². The second kappa shape index (κ2) is 9.20. The topological polar surface area (TPSA) is 139 Å². The Bertz CT molecular complexity index is 982. The molecule has 168 valence electrons. The summed E-state index contributed by atoms with van der Waals surface area (Å²) in [5.74, 6) is 1.65. The Morgan fingerprint density at radius 3 is 2.87 bits per heavy atom. The second-order valence-electron chi connectivity index (χ2n) is 7.01. The summed E-state index contributed by atoms with van der Waals surface area (Å²) in [6.07, 6.45) is -1.12. The number of rotatable bonds is 8. The predicted octanol–water partition coefficient (Wildman–Crippen LogP) is 0.740. The SMILES string of the molecule is CCOC1C(CO)OC(n2cc3c(nc2=O)Nc2c(OCCN)cccc2O3)C1OC. The average molecular weight is 434 g/mol. The van der Waals surface area contributed by atoms with E-state index in [1.807, 2.05) is 6.92 Å². The molecule has 0 amide bonds. The minimum atomic E-state index is -0.840. The van der Waals surface area contributed by atoms with Crippen molar-refractivity contribution in [3.63, 3.8) is 0 Å². The van der Waals surface area contributed by atoms with Crippen molar-refractivity contribution in [3.05, 3.63) is 34.9 Å². The van der Waals surface area contributed by atoms with Gasteiger partial charge < -0.3 is 39.8 Å². The molecule has 0 aliphatic carbocycles. The highest BCUT2D eigenvalue weighted by atomic mass is 16.6. The van der Waals surface area contributed by atoms with Crippen molar-refractivity contribution >= 4 is 11.5 Å². The third kappa shape index (κ3) is 3.98. The third-order valence-corrected chi connectivity index (χ3v) is 5.12. The minimum Gasteiger partial charge on any atom is -0.490 e. The molecule has 1 fully saturated rings. The first-order chi connectivity index (χ1) is 15.1. The number of nitrogens with zero attached hydrogens (tertiary/aromatic N) is 2. The number of benzene rings is 1. The molecule has 4 unspecified atom stereocenters. The monoisotopic (exact) mass is 434 g/mol. The summed E-state index contributed by atoms with van der Waals surface area (Å²) in [6.45, 7) is 2.68. The number of aliphatic hydroxyl groups is 1. The Morgan fingerprint density at radius 1 is 1.32 bits per heavy atom. The first-order valence-corrected chi connectivity index (χ1v) is 10.1. The third-order valence-electron chi connectivity index (χ3n) is 5.12.